The van der Waals surface area contributed by atoms with Crippen LogP contribution in [0, 0.1) is 0 Å². The second-order valence-electron chi connectivity index (χ2n) is 3.84. The van der Waals surface area contributed by atoms with Gasteiger partial charge in [0.05, 0.1) is 5.69 Å². The normalized spacial score (nSPS) is 10.5. The quantitative estimate of drug-likeness (QED) is 0.908. The molecule has 0 spiro atoms. The Morgan fingerprint density at radius 2 is 2.18 bits per heavy atom. The average molecular weight is 249 g/mol. The summed E-state index contributed by atoms with van der Waals surface area (Å²) in [5, 5.41) is 0.640. The summed E-state index contributed by atoms with van der Waals surface area (Å²) >= 11 is 5.92. The first-order valence-electron chi connectivity index (χ1n) is 5.55. The van der Waals surface area contributed by atoms with Gasteiger partial charge in [0, 0.05) is 23.1 Å². The zero-order valence-electron chi connectivity index (χ0n) is 9.53. The van der Waals surface area contributed by atoms with Gasteiger partial charge in [0.1, 0.15) is 5.82 Å². The molecule has 1 N–H and O–H groups in total. The maximum atomic E-state index is 11.5. The lowest BCUT2D eigenvalue weighted by Crippen LogP contribution is -2.10. The van der Waals surface area contributed by atoms with E-state index < -0.39 is 0 Å². The number of nitrogens with one attached hydrogen (secondary N) is 1. The summed E-state index contributed by atoms with van der Waals surface area (Å²) in [5.74, 6) is 0.718. The highest BCUT2D eigenvalue weighted by molar-refractivity contribution is 6.30. The molecule has 1 aromatic heterocycles. The van der Waals surface area contributed by atoms with Crippen molar-refractivity contribution in [3.05, 3.63) is 51.5 Å². The molecule has 0 saturated carbocycles. The molecular formula is C13H13ClN2O. The molecule has 1 aromatic carbocycles. The van der Waals surface area contributed by atoms with Crippen LogP contribution in [0.4, 0.5) is 0 Å². The minimum Gasteiger partial charge on any atom is -0.311 e. The molecule has 4 heteroatoms. The first-order chi connectivity index (χ1) is 8.19. The summed E-state index contributed by atoms with van der Waals surface area (Å²) in [6.07, 6.45) is 1.71. The van der Waals surface area contributed by atoms with Crippen LogP contribution < -0.4 is 5.56 Å². The first-order valence-corrected chi connectivity index (χ1v) is 5.93. The van der Waals surface area contributed by atoms with Gasteiger partial charge in [0.15, 0.2) is 0 Å². The van der Waals surface area contributed by atoms with E-state index in [0.29, 0.717) is 10.7 Å². The van der Waals surface area contributed by atoms with Crippen molar-refractivity contribution in [2.24, 2.45) is 0 Å². The Morgan fingerprint density at radius 1 is 1.35 bits per heavy atom. The van der Waals surface area contributed by atoms with Gasteiger partial charge in [0.25, 0.3) is 5.56 Å². The summed E-state index contributed by atoms with van der Waals surface area (Å²) in [7, 11) is 0. The van der Waals surface area contributed by atoms with Crippen molar-refractivity contribution in [1.82, 2.24) is 9.97 Å². The lowest BCUT2D eigenvalue weighted by molar-refractivity contribution is 0.828. The smallest absolute Gasteiger partial charge is 0.251 e. The molecular weight excluding hydrogens is 236 g/mol. The number of hydrogen-bond acceptors (Lipinski definition) is 2. The maximum Gasteiger partial charge on any atom is 0.251 e. The van der Waals surface area contributed by atoms with Gasteiger partial charge in [-0.2, -0.15) is 0 Å². The summed E-state index contributed by atoms with van der Waals surface area (Å²) in [6, 6.07) is 8.83. The van der Waals surface area contributed by atoms with Crippen LogP contribution in [0.25, 0.3) is 11.3 Å². The summed E-state index contributed by atoms with van der Waals surface area (Å²) in [6.45, 7) is 2.05. The van der Waals surface area contributed by atoms with Crippen LogP contribution in [-0.4, -0.2) is 9.97 Å². The van der Waals surface area contributed by atoms with Crippen LogP contribution >= 0.6 is 11.6 Å². The molecule has 0 atom stereocenters. The highest BCUT2D eigenvalue weighted by atomic mass is 35.5. The number of aromatic nitrogens is 2. The van der Waals surface area contributed by atoms with E-state index in [1.165, 1.54) is 6.07 Å². The van der Waals surface area contributed by atoms with Gasteiger partial charge < -0.3 is 4.98 Å². The minimum absolute atomic E-state index is 0.126. The number of benzene rings is 1. The van der Waals surface area contributed by atoms with Crippen molar-refractivity contribution < 1.29 is 0 Å². The molecule has 0 aliphatic rings. The van der Waals surface area contributed by atoms with Gasteiger partial charge in [-0.1, -0.05) is 30.7 Å². The van der Waals surface area contributed by atoms with Crippen LogP contribution in [0.2, 0.25) is 5.02 Å². The summed E-state index contributed by atoms with van der Waals surface area (Å²) in [5.41, 5.74) is 1.40. The monoisotopic (exact) mass is 248 g/mol. The Kier molecular flexibility index (Phi) is 3.59. The highest BCUT2D eigenvalue weighted by Crippen LogP contribution is 2.19. The van der Waals surface area contributed by atoms with Crippen molar-refractivity contribution >= 4 is 11.6 Å². The van der Waals surface area contributed by atoms with Gasteiger partial charge in [-0.25, -0.2) is 4.98 Å². The Bertz CT molecular complexity index is 578. The topological polar surface area (TPSA) is 45.8 Å². The van der Waals surface area contributed by atoms with E-state index in [2.05, 4.69) is 9.97 Å². The van der Waals surface area contributed by atoms with Crippen LogP contribution in [-0.2, 0) is 6.42 Å². The van der Waals surface area contributed by atoms with E-state index >= 15 is 0 Å². The standard InChI is InChI=1S/C13H13ClN2O/c1-2-4-12-15-11(8-13(17)16-12)9-5-3-6-10(14)7-9/h3,5-8H,2,4H2,1H3,(H,15,16,17). The second-order valence-corrected chi connectivity index (χ2v) is 4.27. The SMILES string of the molecule is CCCc1nc(-c2cccc(Cl)c2)cc(=O)[nH]1. The van der Waals surface area contributed by atoms with E-state index in [4.69, 9.17) is 11.6 Å². The summed E-state index contributed by atoms with van der Waals surface area (Å²) in [4.78, 5) is 18.7. The average Bonchev–Trinajstić information content (AvgIpc) is 2.28. The Morgan fingerprint density at radius 3 is 2.88 bits per heavy atom. The van der Waals surface area contributed by atoms with Crippen molar-refractivity contribution in [3.63, 3.8) is 0 Å². The number of rotatable bonds is 3. The Labute approximate surface area is 104 Å². The fourth-order valence-electron chi connectivity index (χ4n) is 1.66. The number of H-pyrrole nitrogens is 1. The van der Waals surface area contributed by atoms with Crippen LogP contribution in [0.3, 0.4) is 0 Å². The van der Waals surface area contributed by atoms with Crippen LogP contribution in [0.5, 0.6) is 0 Å². The molecule has 0 aliphatic heterocycles. The van der Waals surface area contributed by atoms with Gasteiger partial charge in [0.2, 0.25) is 0 Å². The first kappa shape index (κ1) is 11.9. The third kappa shape index (κ3) is 2.94. The third-order valence-corrected chi connectivity index (χ3v) is 2.63. The largest absolute Gasteiger partial charge is 0.311 e. The lowest BCUT2D eigenvalue weighted by atomic mass is 10.1. The molecule has 0 aliphatic carbocycles. The number of halogens is 1. The molecule has 0 saturated heterocycles. The molecule has 88 valence electrons. The van der Waals surface area contributed by atoms with E-state index in [9.17, 15) is 4.79 Å². The second kappa shape index (κ2) is 5.15. The van der Waals surface area contributed by atoms with Gasteiger partial charge in [-0.3, -0.25) is 4.79 Å². The lowest BCUT2D eigenvalue weighted by Gasteiger charge is -2.03. The van der Waals surface area contributed by atoms with Crippen LogP contribution in [0.15, 0.2) is 35.1 Å². The molecule has 0 unspecified atom stereocenters. The molecule has 0 bridgehead atoms. The van der Waals surface area contributed by atoms with Crippen molar-refractivity contribution in [2.75, 3.05) is 0 Å². The Hall–Kier alpha value is -1.61. The van der Waals surface area contributed by atoms with E-state index in [1.807, 2.05) is 19.1 Å². The molecule has 1 heterocycles. The highest BCUT2D eigenvalue weighted by Gasteiger charge is 2.04. The summed E-state index contributed by atoms with van der Waals surface area (Å²) < 4.78 is 0. The molecule has 3 nitrogen and oxygen atoms in total. The predicted octanol–water partition coefficient (Wildman–Crippen LogP) is 3.04. The molecule has 2 rings (SSSR count). The van der Waals surface area contributed by atoms with Gasteiger partial charge in [-0.15, -0.1) is 0 Å². The predicted molar refractivity (Wildman–Crippen MR) is 69.3 cm³/mol. The third-order valence-electron chi connectivity index (χ3n) is 2.40. The van der Waals surface area contributed by atoms with Gasteiger partial charge >= 0.3 is 0 Å². The number of aryl methyl sites for hydroxylation is 1. The molecule has 17 heavy (non-hydrogen) atoms. The number of aromatic amines is 1. The molecule has 2 aromatic rings. The van der Waals surface area contributed by atoms with Crippen LogP contribution in [0.1, 0.15) is 19.2 Å². The molecule has 0 fully saturated rings. The van der Waals surface area contributed by atoms with Gasteiger partial charge in [-0.05, 0) is 18.6 Å². The fraction of sp³-hybridized carbons (Fsp3) is 0.231. The fourth-order valence-corrected chi connectivity index (χ4v) is 1.85. The number of hydrogen-bond donors (Lipinski definition) is 1. The van der Waals surface area contributed by atoms with Crippen molar-refractivity contribution in [1.29, 1.82) is 0 Å². The van der Waals surface area contributed by atoms with Crippen molar-refractivity contribution in [2.45, 2.75) is 19.8 Å². The number of nitrogens with zero attached hydrogens (tertiary/aromatic N) is 1. The Balaban J connectivity index is 2.48. The zero-order chi connectivity index (χ0) is 12.3. The minimum atomic E-state index is -0.126. The zero-order valence-corrected chi connectivity index (χ0v) is 10.3. The van der Waals surface area contributed by atoms with Crippen molar-refractivity contribution in [3.8, 4) is 11.3 Å². The van der Waals surface area contributed by atoms with E-state index in [-0.39, 0.29) is 5.56 Å². The van der Waals surface area contributed by atoms with E-state index in [1.54, 1.807) is 12.1 Å². The molecule has 0 amide bonds. The molecule has 0 radical (unpaired) electrons. The maximum absolute atomic E-state index is 11.5. The van der Waals surface area contributed by atoms with E-state index in [0.717, 1.165) is 24.2 Å².